The van der Waals surface area contributed by atoms with Crippen LogP contribution in [-0.4, -0.2) is 58.0 Å². The van der Waals surface area contributed by atoms with Gasteiger partial charge in [0, 0.05) is 30.4 Å². The first-order valence-corrected chi connectivity index (χ1v) is 12.0. The van der Waals surface area contributed by atoms with Gasteiger partial charge in [0.25, 0.3) is 15.9 Å². The smallest absolute Gasteiger partial charge is 0.262 e. The number of likely N-dealkylation sites (tertiary alicyclic amines) is 1. The van der Waals surface area contributed by atoms with Crippen molar-refractivity contribution in [2.75, 3.05) is 37.6 Å². The van der Waals surface area contributed by atoms with E-state index in [9.17, 15) is 18.0 Å². The highest BCUT2D eigenvalue weighted by Gasteiger charge is 2.21. The molecule has 4 rings (SSSR count). The summed E-state index contributed by atoms with van der Waals surface area (Å²) in [5.41, 5.74) is 0.480. The van der Waals surface area contributed by atoms with Crippen LogP contribution in [0.4, 0.5) is 5.69 Å². The number of nitrogens with one attached hydrogen (secondary N) is 2. The predicted octanol–water partition coefficient (Wildman–Crippen LogP) is 2.00. The summed E-state index contributed by atoms with van der Waals surface area (Å²) in [4.78, 5) is 26.5. The Hall–Kier alpha value is -3.27. The third kappa shape index (κ3) is 5.13. The largest absolute Gasteiger partial charge is 0.486 e. The molecule has 0 atom stereocenters. The number of benzene rings is 2. The number of ether oxygens (including phenoxy) is 2. The Morgan fingerprint density at radius 3 is 2.47 bits per heavy atom. The van der Waals surface area contributed by atoms with E-state index in [2.05, 4.69) is 10.0 Å². The van der Waals surface area contributed by atoms with E-state index < -0.39 is 15.9 Å². The van der Waals surface area contributed by atoms with Gasteiger partial charge in [-0.2, -0.15) is 0 Å². The molecule has 170 valence electrons. The molecule has 0 radical (unpaired) electrons. The Morgan fingerprint density at radius 1 is 0.938 bits per heavy atom. The van der Waals surface area contributed by atoms with E-state index in [1.807, 2.05) is 0 Å². The van der Waals surface area contributed by atoms with Crippen molar-refractivity contribution in [3.05, 3.63) is 48.0 Å². The second kappa shape index (κ2) is 9.47. The molecule has 2 aromatic rings. The Labute approximate surface area is 186 Å². The number of anilines is 1. The molecule has 2 N–H and O–H groups in total. The van der Waals surface area contributed by atoms with Crippen LogP contribution in [0.15, 0.2) is 47.4 Å². The zero-order valence-electron chi connectivity index (χ0n) is 17.5. The van der Waals surface area contributed by atoms with Gasteiger partial charge in [-0.3, -0.25) is 14.3 Å². The maximum atomic E-state index is 12.8. The summed E-state index contributed by atoms with van der Waals surface area (Å²) in [5, 5.41) is 2.61. The number of amides is 2. The number of sulfonamides is 1. The lowest BCUT2D eigenvalue weighted by Crippen LogP contribution is -2.42. The fourth-order valence-corrected chi connectivity index (χ4v) is 4.71. The van der Waals surface area contributed by atoms with E-state index in [0.29, 0.717) is 37.8 Å². The fraction of sp³-hybridized carbons (Fsp3) is 0.364. The molecule has 10 heteroatoms. The first-order valence-electron chi connectivity index (χ1n) is 10.5. The number of piperidine rings is 1. The van der Waals surface area contributed by atoms with Gasteiger partial charge >= 0.3 is 0 Å². The van der Waals surface area contributed by atoms with Crippen LogP contribution in [0, 0.1) is 0 Å². The standard InChI is InChI=1S/C22H25N3O6S/c26-21(25-9-2-1-3-10-25)15-23-22(27)16-5-4-6-17(13-16)24-32(28,29)18-7-8-19-20(14-18)31-12-11-30-19/h4-8,13-14,24H,1-3,9-12,15H2,(H,23,27). The van der Waals surface area contributed by atoms with E-state index in [4.69, 9.17) is 9.47 Å². The molecule has 2 aliphatic heterocycles. The van der Waals surface area contributed by atoms with Crippen LogP contribution in [0.1, 0.15) is 29.6 Å². The maximum absolute atomic E-state index is 12.8. The summed E-state index contributed by atoms with van der Waals surface area (Å²) in [5.74, 6) is 0.294. The number of carbonyl (C=O) groups excluding carboxylic acids is 2. The zero-order valence-corrected chi connectivity index (χ0v) is 18.3. The molecule has 0 aliphatic carbocycles. The number of hydrogen-bond donors (Lipinski definition) is 2. The van der Waals surface area contributed by atoms with Crippen LogP contribution < -0.4 is 19.5 Å². The Morgan fingerprint density at radius 2 is 1.69 bits per heavy atom. The van der Waals surface area contributed by atoms with Gasteiger partial charge in [-0.1, -0.05) is 6.07 Å². The molecule has 2 heterocycles. The summed E-state index contributed by atoms with van der Waals surface area (Å²) in [7, 11) is -3.91. The Kier molecular flexibility index (Phi) is 6.50. The van der Waals surface area contributed by atoms with Crippen molar-refractivity contribution >= 4 is 27.5 Å². The van der Waals surface area contributed by atoms with Crippen molar-refractivity contribution in [3.63, 3.8) is 0 Å². The normalized spacial score (nSPS) is 15.7. The minimum absolute atomic E-state index is 0.0173. The molecular formula is C22H25N3O6S. The first-order chi connectivity index (χ1) is 15.4. The second-order valence-corrected chi connectivity index (χ2v) is 9.30. The number of carbonyl (C=O) groups is 2. The lowest BCUT2D eigenvalue weighted by Gasteiger charge is -2.26. The molecule has 0 unspecified atom stereocenters. The second-order valence-electron chi connectivity index (χ2n) is 7.62. The van der Waals surface area contributed by atoms with Gasteiger partial charge in [0.1, 0.15) is 13.2 Å². The SMILES string of the molecule is O=C(NCC(=O)N1CCCCC1)c1cccc(NS(=O)(=O)c2ccc3c(c2)OCCO3)c1. The van der Waals surface area contributed by atoms with E-state index in [-0.39, 0.29) is 28.6 Å². The molecule has 2 aromatic carbocycles. The molecule has 0 saturated carbocycles. The van der Waals surface area contributed by atoms with E-state index in [1.54, 1.807) is 29.2 Å². The van der Waals surface area contributed by atoms with Crippen molar-refractivity contribution in [1.82, 2.24) is 10.2 Å². The maximum Gasteiger partial charge on any atom is 0.262 e. The first kappa shape index (κ1) is 21.9. The minimum atomic E-state index is -3.91. The van der Waals surface area contributed by atoms with Gasteiger partial charge in [-0.25, -0.2) is 8.42 Å². The molecule has 2 aliphatic rings. The van der Waals surface area contributed by atoms with Gasteiger partial charge in [-0.15, -0.1) is 0 Å². The van der Waals surface area contributed by atoms with Crippen LogP contribution in [0.2, 0.25) is 0 Å². The van der Waals surface area contributed by atoms with E-state index in [0.717, 1.165) is 19.3 Å². The van der Waals surface area contributed by atoms with E-state index >= 15 is 0 Å². The summed E-state index contributed by atoms with van der Waals surface area (Å²) >= 11 is 0. The summed E-state index contributed by atoms with van der Waals surface area (Å²) in [6, 6.07) is 10.5. The zero-order chi connectivity index (χ0) is 22.6. The number of nitrogens with zero attached hydrogens (tertiary/aromatic N) is 1. The molecule has 0 bridgehead atoms. The number of hydrogen-bond acceptors (Lipinski definition) is 6. The van der Waals surface area contributed by atoms with Crippen LogP contribution >= 0.6 is 0 Å². The predicted molar refractivity (Wildman–Crippen MR) is 117 cm³/mol. The summed E-state index contributed by atoms with van der Waals surface area (Å²) < 4.78 is 38.9. The lowest BCUT2D eigenvalue weighted by atomic mass is 10.1. The van der Waals surface area contributed by atoms with E-state index in [1.165, 1.54) is 18.2 Å². The highest BCUT2D eigenvalue weighted by Crippen LogP contribution is 2.32. The molecule has 9 nitrogen and oxygen atoms in total. The lowest BCUT2D eigenvalue weighted by molar-refractivity contribution is -0.130. The van der Waals surface area contributed by atoms with Crippen LogP contribution in [0.25, 0.3) is 0 Å². The average Bonchev–Trinajstić information content (AvgIpc) is 2.82. The van der Waals surface area contributed by atoms with Crippen molar-refractivity contribution in [2.45, 2.75) is 24.2 Å². The topological polar surface area (TPSA) is 114 Å². The van der Waals surface area contributed by atoms with Crippen LogP contribution in [0.5, 0.6) is 11.5 Å². The van der Waals surface area contributed by atoms with Crippen molar-refractivity contribution in [3.8, 4) is 11.5 Å². The number of rotatable bonds is 6. The quantitative estimate of drug-likeness (QED) is 0.683. The number of fused-ring (bicyclic) bond motifs is 1. The fourth-order valence-electron chi connectivity index (χ4n) is 3.64. The van der Waals surface area contributed by atoms with Gasteiger partial charge in [0.05, 0.1) is 11.4 Å². The molecule has 1 fully saturated rings. The highest BCUT2D eigenvalue weighted by molar-refractivity contribution is 7.92. The van der Waals surface area contributed by atoms with Gasteiger partial charge in [0.15, 0.2) is 11.5 Å². The molecule has 0 spiro atoms. The highest BCUT2D eigenvalue weighted by atomic mass is 32.2. The minimum Gasteiger partial charge on any atom is -0.486 e. The average molecular weight is 460 g/mol. The van der Waals surface area contributed by atoms with Gasteiger partial charge in [-0.05, 0) is 49.6 Å². The molecule has 1 saturated heterocycles. The summed E-state index contributed by atoms with van der Waals surface area (Å²) in [6.45, 7) is 2.10. The monoisotopic (exact) mass is 459 g/mol. The molecule has 32 heavy (non-hydrogen) atoms. The van der Waals surface area contributed by atoms with Crippen molar-refractivity contribution in [1.29, 1.82) is 0 Å². The Bertz CT molecular complexity index is 1110. The van der Waals surface area contributed by atoms with Gasteiger partial charge in [0.2, 0.25) is 5.91 Å². The molecule has 0 aromatic heterocycles. The van der Waals surface area contributed by atoms with Crippen LogP contribution in [0.3, 0.4) is 0 Å². The summed E-state index contributed by atoms with van der Waals surface area (Å²) in [6.07, 6.45) is 3.07. The molecule has 2 amide bonds. The van der Waals surface area contributed by atoms with Gasteiger partial charge < -0.3 is 19.7 Å². The third-order valence-electron chi connectivity index (χ3n) is 5.31. The van der Waals surface area contributed by atoms with Crippen molar-refractivity contribution < 1.29 is 27.5 Å². The third-order valence-corrected chi connectivity index (χ3v) is 6.69. The molecular weight excluding hydrogens is 434 g/mol. The van der Waals surface area contributed by atoms with Crippen molar-refractivity contribution in [2.24, 2.45) is 0 Å². The van der Waals surface area contributed by atoms with Crippen LogP contribution in [-0.2, 0) is 14.8 Å². The Balaban J connectivity index is 1.41.